The van der Waals surface area contributed by atoms with Crippen LogP contribution in [0.4, 0.5) is 0 Å². The van der Waals surface area contributed by atoms with Crippen LogP contribution in [0, 0.1) is 0 Å². The van der Waals surface area contributed by atoms with Gasteiger partial charge in [0.25, 0.3) is 5.56 Å². The Balaban J connectivity index is 2.63. The molecule has 0 aliphatic rings. The molecule has 0 saturated heterocycles. The minimum Gasteiger partial charge on any atom is -0.493 e. The predicted octanol–water partition coefficient (Wildman–Crippen LogP) is 2.81. The molecular weight excluding hydrogens is 214 g/mol. The minimum absolute atomic E-state index is 0.0610. The maximum absolute atomic E-state index is 12.2. The first-order chi connectivity index (χ1) is 8.27. The Morgan fingerprint density at radius 1 is 1.18 bits per heavy atom. The third-order valence-electron chi connectivity index (χ3n) is 2.74. The first kappa shape index (κ1) is 11.7. The smallest absolute Gasteiger partial charge is 0.258 e. The summed E-state index contributed by atoms with van der Waals surface area (Å²) >= 11 is 0. The molecule has 0 bridgehead atoms. The number of ether oxygens (including phenoxy) is 1. The molecule has 1 aromatic heterocycles. The Morgan fingerprint density at radius 2 is 2.00 bits per heavy atom. The molecule has 1 heterocycles. The molecule has 90 valence electrons. The number of hydrogen-bond acceptors (Lipinski definition) is 2. The normalized spacial score (nSPS) is 10.7. The first-order valence-corrected chi connectivity index (χ1v) is 6.03. The van der Waals surface area contributed by atoms with Crippen LogP contribution in [-0.2, 0) is 6.54 Å². The molecule has 3 nitrogen and oxygen atoms in total. The molecule has 0 saturated carbocycles. The van der Waals surface area contributed by atoms with E-state index >= 15 is 0 Å². The maximum atomic E-state index is 12.2. The molecule has 2 aromatic rings. The summed E-state index contributed by atoms with van der Waals surface area (Å²) in [7, 11) is 0. The van der Waals surface area contributed by atoms with Gasteiger partial charge < -0.3 is 9.30 Å². The van der Waals surface area contributed by atoms with Gasteiger partial charge in [0.2, 0.25) is 0 Å². The van der Waals surface area contributed by atoms with Crippen molar-refractivity contribution in [1.29, 1.82) is 0 Å². The standard InChI is InChI=1S/C14H17NO2/c1-3-9-15-10-8-11-12(14(15)16)6-5-7-13(11)17-4-2/h5-8,10H,3-4,9H2,1-2H3. The van der Waals surface area contributed by atoms with Crippen LogP contribution in [0.25, 0.3) is 10.8 Å². The number of aromatic nitrogens is 1. The van der Waals surface area contributed by atoms with E-state index in [1.165, 1.54) is 0 Å². The molecule has 0 fully saturated rings. The van der Waals surface area contributed by atoms with Crippen molar-refractivity contribution in [2.45, 2.75) is 26.8 Å². The van der Waals surface area contributed by atoms with Gasteiger partial charge in [-0.15, -0.1) is 0 Å². The van der Waals surface area contributed by atoms with Gasteiger partial charge in [-0.1, -0.05) is 13.0 Å². The van der Waals surface area contributed by atoms with Crippen molar-refractivity contribution in [1.82, 2.24) is 4.57 Å². The van der Waals surface area contributed by atoms with E-state index in [0.717, 1.165) is 29.5 Å². The van der Waals surface area contributed by atoms with E-state index < -0.39 is 0 Å². The fourth-order valence-corrected chi connectivity index (χ4v) is 1.99. The molecule has 0 aliphatic carbocycles. The van der Waals surface area contributed by atoms with Crippen LogP contribution >= 0.6 is 0 Å². The highest BCUT2D eigenvalue weighted by molar-refractivity contribution is 5.87. The van der Waals surface area contributed by atoms with Crippen molar-refractivity contribution in [3.63, 3.8) is 0 Å². The predicted molar refractivity (Wildman–Crippen MR) is 69.7 cm³/mol. The molecular formula is C14H17NO2. The summed E-state index contributed by atoms with van der Waals surface area (Å²) in [5.74, 6) is 0.783. The summed E-state index contributed by atoms with van der Waals surface area (Å²) < 4.78 is 7.27. The fourth-order valence-electron chi connectivity index (χ4n) is 1.99. The SMILES string of the molecule is CCCn1ccc2c(OCC)cccc2c1=O. The lowest BCUT2D eigenvalue weighted by molar-refractivity contribution is 0.344. The van der Waals surface area contributed by atoms with Gasteiger partial charge in [0.1, 0.15) is 5.75 Å². The zero-order valence-electron chi connectivity index (χ0n) is 10.3. The molecule has 17 heavy (non-hydrogen) atoms. The Bertz CT molecular complexity index is 572. The Morgan fingerprint density at radius 3 is 2.71 bits per heavy atom. The Labute approximate surface area is 101 Å². The van der Waals surface area contributed by atoms with Crippen LogP contribution in [0.15, 0.2) is 35.3 Å². The molecule has 1 aromatic carbocycles. The topological polar surface area (TPSA) is 31.2 Å². The van der Waals surface area contributed by atoms with E-state index in [-0.39, 0.29) is 5.56 Å². The van der Waals surface area contributed by atoms with E-state index in [1.54, 1.807) is 4.57 Å². The summed E-state index contributed by atoms with van der Waals surface area (Å²) in [5.41, 5.74) is 0.0610. The third-order valence-corrected chi connectivity index (χ3v) is 2.74. The summed E-state index contributed by atoms with van der Waals surface area (Å²) in [6, 6.07) is 7.57. The van der Waals surface area contributed by atoms with Crippen LogP contribution in [0.2, 0.25) is 0 Å². The molecule has 3 heteroatoms. The van der Waals surface area contributed by atoms with E-state index in [2.05, 4.69) is 6.92 Å². The van der Waals surface area contributed by atoms with Gasteiger partial charge >= 0.3 is 0 Å². The molecule has 0 aliphatic heterocycles. The highest BCUT2D eigenvalue weighted by atomic mass is 16.5. The summed E-state index contributed by atoms with van der Waals surface area (Å²) in [6.07, 6.45) is 2.80. The Hall–Kier alpha value is -1.77. The second-order valence-electron chi connectivity index (χ2n) is 3.96. The van der Waals surface area contributed by atoms with Crippen molar-refractivity contribution in [3.05, 3.63) is 40.8 Å². The first-order valence-electron chi connectivity index (χ1n) is 6.03. The average Bonchev–Trinajstić information content (AvgIpc) is 2.34. The van der Waals surface area contributed by atoms with Crippen molar-refractivity contribution >= 4 is 10.8 Å². The summed E-state index contributed by atoms with van der Waals surface area (Å²) in [5, 5.41) is 1.62. The summed E-state index contributed by atoms with van der Waals surface area (Å²) in [4.78, 5) is 12.2. The Kier molecular flexibility index (Phi) is 3.47. The van der Waals surface area contributed by atoms with E-state index in [0.29, 0.717) is 6.61 Å². The van der Waals surface area contributed by atoms with Crippen molar-refractivity contribution in [3.8, 4) is 5.75 Å². The highest BCUT2D eigenvalue weighted by Crippen LogP contribution is 2.22. The van der Waals surface area contributed by atoms with Crippen molar-refractivity contribution in [2.24, 2.45) is 0 Å². The number of hydrogen-bond donors (Lipinski definition) is 0. The number of nitrogens with zero attached hydrogens (tertiary/aromatic N) is 1. The van der Waals surface area contributed by atoms with Gasteiger partial charge in [-0.3, -0.25) is 4.79 Å². The largest absolute Gasteiger partial charge is 0.493 e. The molecule has 0 N–H and O–H groups in total. The van der Waals surface area contributed by atoms with Gasteiger partial charge in [0.15, 0.2) is 0 Å². The fraction of sp³-hybridized carbons (Fsp3) is 0.357. The third kappa shape index (κ3) is 2.18. The monoisotopic (exact) mass is 231 g/mol. The summed E-state index contributed by atoms with van der Waals surface area (Å²) in [6.45, 7) is 5.37. The highest BCUT2D eigenvalue weighted by Gasteiger charge is 2.06. The van der Waals surface area contributed by atoms with Crippen LogP contribution < -0.4 is 10.3 Å². The van der Waals surface area contributed by atoms with Gasteiger partial charge in [-0.2, -0.15) is 0 Å². The van der Waals surface area contributed by atoms with E-state index in [9.17, 15) is 4.79 Å². The van der Waals surface area contributed by atoms with Crippen LogP contribution in [0.1, 0.15) is 20.3 Å². The minimum atomic E-state index is 0.0610. The number of pyridine rings is 1. The molecule has 2 rings (SSSR count). The van der Waals surface area contributed by atoms with Gasteiger partial charge in [-0.25, -0.2) is 0 Å². The van der Waals surface area contributed by atoms with Gasteiger partial charge in [-0.05, 0) is 31.5 Å². The van der Waals surface area contributed by atoms with Crippen LogP contribution in [0.5, 0.6) is 5.75 Å². The molecule has 0 unspecified atom stereocenters. The maximum Gasteiger partial charge on any atom is 0.258 e. The van der Waals surface area contributed by atoms with Crippen LogP contribution in [0.3, 0.4) is 0 Å². The number of benzene rings is 1. The lowest BCUT2D eigenvalue weighted by Gasteiger charge is -2.09. The molecule has 0 atom stereocenters. The molecule has 0 spiro atoms. The zero-order valence-corrected chi connectivity index (χ0v) is 10.3. The van der Waals surface area contributed by atoms with Crippen LogP contribution in [-0.4, -0.2) is 11.2 Å². The number of rotatable bonds is 4. The second-order valence-corrected chi connectivity index (χ2v) is 3.96. The van der Waals surface area contributed by atoms with Crippen molar-refractivity contribution < 1.29 is 4.74 Å². The van der Waals surface area contributed by atoms with E-state index in [1.807, 2.05) is 37.4 Å². The second kappa shape index (κ2) is 5.04. The van der Waals surface area contributed by atoms with Crippen molar-refractivity contribution in [2.75, 3.05) is 6.61 Å². The molecule has 0 radical (unpaired) electrons. The lowest BCUT2D eigenvalue weighted by Crippen LogP contribution is -2.19. The number of aryl methyl sites for hydroxylation is 1. The van der Waals surface area contributed by atoms with Gasteiger partial charge in [0.05, 0.1) is 12.0 Å². The average molecular weight is 231 g/mol. The molecule has 0 amide bonds. The zero-order chi connectivity index (χ0) is 12.3. The van der Waals surface area contributed by atoms with E-state index in [4.69, 9.17) is 4.74 Å². The lowest BCUT2D eigenvalue weighted by atomic mass is 10.1. The van der Waals surface area contributed by atoms with Gasteiger partial charge in [0, 0.05) is 18.1 Å². The number of fused-ring (bicyclic) bond motifs is 1. The quantitative estimate of drug-likeness (QED) is 0.810.